The minimum atomic E-state index is -0.767. The quantitative estimate of drug-likeness (QED) is 0.331. The summed E-state index contributed by atoms with van der Waals surface area (Å²) < 4.78 is 16.6. The zero-order valence-electron chi connectivity index (χ0n) is 19.3. The number of nitrogens with one attached hydrogen (secondary N) is 2. The van der Waals surface area contributed by atoms with Crippen molar-refractivity contribution in [3.8, 4) is 0 Å². The number of aromatic nitrogens is 3. The summed E-state index contributed by atoms with van der Waals surface area (Å²) >= 11 is 1.49. The number of nitrogens with zero attached hydrogens (tertiary/aromatic N) is 3. The lowest BCUT2D eigenvalue weighted by Crippen LogP contribution is -2.32. The van der Waals surface area contributed by atoms with Crippen LogP contribution in [-0.4, -0.2) is 20.7 Å². The fourth-order valence-corrected chi connectivity index (χ4v) is 4.91. The highest BCUT2D eigenvalue weighted by atomic mass is 32.2. The number of carbonyl (C=O) groups is 1. The highest BCUT2D eigenvalue weighted by Gasteiger charge is 2.35. The van der Waals surface area contributed by atoms with Crippen LogP contribution in [0.25, 0.3) is 0 Å². The number of thioether (sulfide) groups is 1. The third-order valence-electron chi connectivity index (χ3n) is 5.76. The number of benzene rings is 3. The van der Waals surface area contributed by atoms with E-state index in [0.717, 1.165) is 0 Å². The summed E-state index contributed by atoms with van der Waals surface area (Å²) in [4.78, 5) is 18.1. The van der Waals surface area contributed by atoms with Crippen LogP contribution < -0.4 is 10.6 Å². The van der Waals surface area contributed by atoms with E-state index in [1.165, 1.54) is 29.0 Å². The van der Waals surface area contributed by atoms with E-state index in [-0.39, 0.29) is 5.91 Å². The first-order chi connectivity index (χ1) is 17.0. The van der Waals surface area contributed by atoms with E-state index in [0.29, 0.717) is 39.4 Å². The van der Waals surface area contributed by atoms with Gasteiger partial charge in [0.25, 0.3) is 5.91 Å². The predicted molar refractivity (Wildman–Crippen MR) is 137 cm³/mol. The van der Waals surface area contributed by atoms with Crippen LogP contribution in [0.2, 0.25) is 0 Å². The fourth-order valence-electron chi connectivity index (χ4n) is 4.14. The van der Waals surface area contributed by atoms with Gasteiger partial charge in [0.15, 0.2) is 0 Å². The van der Waals surface area contributed by atoms with Gasteiger partial charge in [-0.25, -0.2) is 9.07 Å². The summed E-state index contributed by atoms with van der Waals surface area (Å²) in [5, 5.41) is 11.4. The first-order valence-corrected chi connectivity index (χ1v) is 12.2. The molecule has 176 valence electrons. The van der Waals surface area contributed by atoms with Gasteiger partial charge in [0.2, 0.25) is 11.1 Å². The summed E-state index contributed by atoms with van der Waals surface area (Å²) in [6.45, 7) is 3.85. The van der Waals surface area contributed by atoms with Crippen molar-refractivity contribution in [3.05, 3.63) is 113 Å². The lowest BCUT2D eigenvalue weighted by atomic mass is 9.94. The third kappa shape index (κ3) is 4.83. The Labute approximate surface area is 207 Å². The van der Waals surface area contributed by atoms with Gasteiger partial charge in [0.1, 0.15) is 11.9 Å². The van der Waals surface area contributed by atoms with Crippen molar-refractivity contribution in [2.75, 3.05) is 10.6 Å². The van der Waals surface area contributed by atoms with Crippen LogP contribution in [-0.2, 0) is 10.5 Å². The fraction of sp³-hybridized carbons (Fsp3) is 0.148. The van der Waals surface area contributed by atoms with Crippen LogP contribution in [0, 0.1) is 12.7 Å². The molecule has 0 fully saturated rings. The SMILES string of the molecule is CC1=C(C(=O)Nc2ccccc2)[C@@H](c2ccccc2F)n2nc(SCc3cccc(C)c3)nc2N1. The maximum Gasteiger partial charge on any atom is 0.255 e. The summed E-state index contributed by atoms with van der Waals surface area (Å²) in [5.41, 5.74) is 4.35. The number of para-hydroxylation sites is 1. The Morgan fingerprint density at radius 2 is 1.83 bits per heavy atom. The van der Waals surface area contributed by atoms with Crippen LogP contribution in [0.5, 0.6) is 0 Å². The van der Waals surface area contributed by atoms with Gasteiger partial charge < -0.3 is 10.6 Å². The molecule has 1 atom stereocenters. The van der Waals surface area contributed by atoms with Gasteiger partial charge in [0.05, 0.1) is 5.57 Å². The molecule has 0 unspecified atom stereocenters. The number of hydrogen-bond donors (Lipinski definition) is 2. The number of aryl methyl sites for hydroxylation is 1. The first-order valence-electron chi connectivity index (χ1n) is 11.2. The number of allylic oxidation sites excluding steroid dienone is 1. The molecule has 1 amide bonds. The normalized spacial score (nSPS) is 14.9. The zero-order chi connectivity index (χ0) is 24.4. The zero-order valence-corrected chi connectivity index (χ0v) is 20.1. The van der Waals surface area contributed by atoms with Crippen LogP contribution in [0.3, 0.4) is 0 Å². The van der Waals surface area contributed by atoms with Crippen molar-refractivity contribution in [2.24, 2.45) is 0 Å². The largest absolute Gasteiger partial charge is 0.328 e. The number of carbonyl (C=O) groups excluding carboxylic acids is 1. The average Bonchev–Trinajstić information content (AvgIpc) is 3.25. The maximum atomic E-state index is 15.0. The molecular formula is C27H24FN5OS. The van der Waals surface area contributed by atoms with Crippen LogP contribution in [0.4, 0.5) is 16.0 Å². The summed E-state index contributed by atoms with van der Waals surface area (Å²) in [6.07, 6.45) is 0. The smallest absolute Gasteiger partial charge is 0.255 e. The molecule has 2 heterocycles. The second-order valence-electron chi connectivity index (χ2n) is 8.35. The molecule has 2 N–H and O–H groups in total. The monoisotopic (exact) mass is 485 g/mol. The number of fused-ring (bicyclic) bond motifs is 1. The lowest BCUT2D eigenvalue weighted by Gasteiger charge is -2.28. The molecule has 0 saturated heterocycles. The number of halogens is 1. The molecular weight excluding hydrogens is 461 g/mol. The molecule has 0 radical (unpaired) electrons. The highest BCUT2D eigenvalue weighted by molar-refractivity contribution is 7.98. The second kappa shape index (κ2) is 9.76. The second-order valence-corrected chi connectivity index (χ2v) is 9.29. The molecule has 3 aromatic carbocycles. The van der Waals surface area contributed by atoms with Crippen LogP contribution >= 0.6 is 11.8 Å². The van der Waals surface area contributed by atoms with Crippen molar-refractivity contribution < 1.29 is 9.18 Å². The van der Waals surface area contributed by atoms with Gasteiger partial charge in [-0.3, -0.25) is 4.79 Å². The average molecular weight is 486 g/mol. The minimum Gasteiger partial charge on any atom is -0.328 e. The van der Waals surface area contributed by atoms with Crippen LogP contribution in [0.15, 0.2) is 95.3 Å². The van der Waals surface area contributed by atoms with Gasteiger partial charge in [-0.05, 0) is 37.6 Å². The van der Waals surface area contributed by atoms with Gasteiger partial charge in [-0.1, -0.05) is 78.0 Å². The Kier molecular flexibility index (Phi) is 6.37. The minimum absolute atomic E-state index is 0.329. The van der Waals surface area contributed by atoms with Crippen molar-refractivity contribution in [1.82, 2.24) is 14.8 Å². The number of anilines is 2. The predicted octanol–water partition coefficient (Wildman–Crippen LogP) is 5.95. The molecule has 1 aliphatic rings. The Morgan fingerprint density at radius 3 is 2.60 bits per heavy atom. The van der Waals surface area contributed by atoms with Crippen molar-refractivity contribution in [1.29, 1.82) is 0 Å². The Balaban J connectivity index is 1.50. The van der Waals surface area contributed by atoms with Crippen molar-refractivity contribution in [2.45, 2.75) is 30.8 Å². The molecule has 4 aromatic rings. The molecule has 0 spiro atoms. The molecule has 35 heavy (non-hydrogen) atoms. The lowest BCUT2D eigenvalue weighted by molar-refractivity contribution is -0.113. The first kappa shape index (κ1) is 22.9. The number of hydrogen-bond acceptors (Lipinski definition) is 5. The van der Waals surface area contributed by atoms with E-state index >= 15 is 4.39 Å². The molecule has 1 aliphatic heterocycles. The molecule has 8 heteroatoms. The maximum absolute atomic E-state index is 15.0. The molecule has 0 saturated carbocycles. The van der Waals surface area contributed by atoms with E-state index in [1.54, 1.807) is 29.8 Å². The molecule has 0 bridgehead atoms. The van der Waals surface area contributed by atoms with E-state index < -0.39 is 11.9 Å². The Bertz CT molecular complexity index is 1420. The van der Waals surface area contributed by atoms with E-state index in [4.69, 9.17) is 0 Å². The number of rotatable bonds is 6. The molecule has 6 nitrogen and oxygen atoms in total. The van der Waals surface area contributed by atoms with Crippen LogP contribution in [0.1, 0.15) is 29.7 Å². The van der Waals surface area contributed by atoms with E-state index in [2.05, 4.69) is 45.8 Å². The topological polar surface area (TPSA) is 71.8 Å². The van der Waals surface area contributed by atoms with Gasteiger partial charge >= 0.3 is 0 Å². The van der Waals surface area contributed by atoms with E-state index in [1.807, 2.05) is 36.4 Å². The Morgan fingerprint density at radius 1 is 1.06 bits per heavy atom. The Hall–Kier alpha value is -3.91. The van der Waals surface area contributed by atoms with Crippen molar-refractivity contribution in [3.63, 3.8) is 0 Å². The molecule has 0 aliphatic carbocycles. The summed E-state index contributed by atoms with van der Waals surface area (Å²) in [7, 11) is 0. The van der Waals surface area contributed by atoms with E-state index in [9.17, 15) is 4.79 Å². The summed E-state index contributed by atoms with van der Waals surface area (Å²) in [5.74, 6) is 0.430. The third-order valence-corrected chi connectivity index (χ3v) is 6.67. The summed E-state index contributed by atoms with van der Waals surface area (Å²) in [6, 6.07) is 23.1. The number of amides is 1. The standard InChI is InChI=1S/C27H24FN5OS/c1-17-9-8-10-19(15-17)16-35-27-31-26-29-18(2)23(25(34)30-20-11-4-3-5-12-20)24(33(26)32-27)21-13-6-7-14-22(21)28/h3-15,24H,16H2,1-2H3,(H,30,34)(H,29,31,32)/t24-/m1/s1. The molecule has 1 aromatic heterocycles. The highest BCUT2D eigenvalue weighted by Crippen LogP contribution is 2.38. The van der Waals surface area contributed by atoms with Gasteiger partial charge in [-0.2, -0.15) is 4.98 Å². The molecule has 5 rings (SSSR count). The van der Waals surface area contributed by atoms with Gasteiger partial charge in [0, 0.05) is 22.7 Å². The van der Waals surface area contributed by atoms with Gasteiger partial charge in [-0.15, -0.1) is 5.10 Å². The van der Waals surface area contributed by atoms with Crippen molar-refractivity contribution >= 4 is 29.3 Å².